The van der Waals surface area contributed by atoms with E-state index in [-0.39, 0.29) is 12.4 Å². The van der Waals surface area contributed by atoms with Crippen LogP contribution in [0.1, 0.15) is 42.4 Å². The maximum absolute atomic E-state index is 11.8. The van der Waals surface area contributed by atoms with Crippen LogP contribution in [-0.2, 0) is 29.1 Å². The standard InChI is InChI=1S/C30H34N2O3/c1-34-29(33)17-25-8-2-3-10-28(25)35-19-23-14-26(24-9-6-7-22(13-24)18-31)16-27(15-23)32-20-30(21-32)11-4-5-12-30/h2-3,6-10,13-16H,4-5,11-12,17-21,31H2,1H3. The van der Waals surface area contributed by atoms with Gasteiger partial charge in [0.2, 0.25) is 0 Å². The van der Waals surface area contributed by atoms with Crippen molar-refractivity contribution in [2.45, 2.75) is 45.3 Å². The Kier molecular flexibility index (Phi) is 6.78. The number of esters is 1. The molecule has 0 bridgehead atoms. The molecule has 3 aromatic carbocycles. The topological polar surface area (TPSA) is 64.8 Å². The molecule has 5 heteroatoms. The van der Waals surface area contributed by atoms with Gasteiger partial charge in [-0.05, 0) is 65.4 Å². The molecule has 1 heterocycles. The maximum atomic E-state index is 11.8. The van der Waals surface area contributed by atoms with E-state index in [4.69, 9.17) is 15.2 Å². The molecule has 5 rings (SSSR count). The van der Waals surface area contributed by atoms with Crippen LogP contribution in [-0.4, -0.2) is 26.2 Å². The monoisotopic (exact) mass is 470 g/mol. The van der Waals surface area contributed by atoms with E-state index in [1.54, 1.807) is 0 Å². The molecule has 0 radical (unpaired) electrons. The smallest absolute Gasteiger partial charge is 0.310 e. The summed E-state index contributed by atoms with van der Waals surface area (Å²) in [4.78, 5) is 14.3. The van der Waals surface area contributed by atoms with Crippen LogP contribution in [0.2, 0.25) is 0 Å². The first-order valence-corrected chi connectivity index (χ1v) is 12.5. The third-order valence-electron chi connectivity index (χ3n) is 7.48. The minimum atomic E-state index is -0.274. The normalized spacial score (nSPS) is 16.2. The van der Waals surface area contributed by atoms with Crippen LogP contribution >= 0.6 is 0 Å². The average molecular weight is 471 g/mol. The SMILES string of the molecule is COC(=O)Cc1ccccc1OCc1cc(-c2cccc(CN)c2)cc(N2CC3(CCCC3)C2)c1. The van der Waals surface area contributed by atoms with Crippen molar-refractivity contribution in [3.05, 3.63) is 83.4 Å². The van der Waals surface area contributed by atoms with Crippen molar-refractivity contribution in [3.8, 4) is 16.9 Å². The molecule has 1 saturated heterocycles. The zero-order chi connectivity index (χ0) is 24.3. The molecule has 2 fully saturated rings. The van der Waals surface area contributed by atoms with Crippen molar-refractivity contribution in [1.29, 1.82) is 0 Å². The molecule has 0 amide bonds. The summed E-state index contributed by atoms with van der Waals surface area (Å²) in [6.45, 7) is 3.23. The highest BCUT2D eigenvalue weighted by atomic mass is 16.5. The second kappa shape index (κ2) is 10.1. The van der Waals surface area contributed by atoms with Gasteiger partial charge in [0.25, 0.3) is 0 Å². The maximum Gasteiger partial charge on any atom is 0.310 e. The molecular weight excluding hydrogens is 436 g/mol. The van der Waals surface area contributed by atoms with Gasteiger partial charge >= 0.3 is 5.97 Å². The predicted molar refractivity (Wildman–Crippen MR) is 139 cm³/mol. The lowest BCUT2D eigenvalue weighted by Crippen LogP contribution is -2.55. The number of benzene rings is 3. The number of carbonyl (C=O) groups excluding carboxylic acids is 1. The highest BCUT2D eigenvalue weighted by Crippen LogP contribution is 2.47. The fourth-order valence-corrected chi connectivity index (χ4v) is 5.55. The summed E-state index contributed by atoms with van der Waals surface area (Å²) in [5.74, 6) is 0.438. The van der Waals surface area contributed by atoms with Gasteiger partial charge in [0.1, 0.15) is 12.4 Å². The number of hydrogen-bond donors (Lipinski definition) is 1. The van der Waals surface area contributed by atoms with E-state index in [0.717, 1.165) is 29.8 Å². The third-order valence-corrected chi connectivity index (χ3v) is 7.48. The molecule has 1 aliphatic carbocycles. The molecule has 1 spiro atoms. The molecule has 0 atom stereocenters. The second-order valence-corrected chi connectivity index (χ2v) is 10.0. The van der Waals surface area contributed by atoms with Crippen molar-refractivity contribution in [2.24, 2.45) is 11.1 Å². The minimum absolute atomic E-state index is 0.194. The molecule has 1 saturated carbocycles. The number of methoxy groups -OCH3 is 1. The van der Waals surface area contributed by atoms with Crippen LogP contribution in [0.4, 0.5) is 5.69 Å². The lowest BCUT2D eigenvalue weighted by Gasteiger charge is -2.50. The number of carbonyl (C=O) groups is 1. The number of ether oxygens (including phenoxy) is 2. The summed E-state index contributed by atoms with van der Waals surface area (Å²) >= 11 is 0. The molecule has 0 unspecified atom stereocenters. The molecule has 2 N–H and O–H groups in total. The number of nitrogens with two attached hydrogens (primary N) is 1. The van der Waals surface area contributed by atoms with Gasteiger partial charge in [-0.2, -0.15) is 0 Å². The number of rotatable bonds is 8. The lowest BCUT2D eigenvalue weighted by molar-refractivity contribution is -0.139. The molecule has 1 aliphatic heterocycles. The summed E-state index contributed by atoms with van der Waals surface area (Å²) < 4.78 is 11.1. The van der Waals surface area contributed by atoms with E-state index in [1.165, 1.54) is 49.6 Å². The van der Waals surface area contributed by atoms with Crippen molar-refractivity contribution < 1.29 is 14.3 Å². The van der Waals surface area contributed by atoms with Crippen molar-refractivity contribution in [3.63, 3.8) is 0 Å². The molecule has 0 aromatic heterocycles. The third kappa shape index (κ3) is 5.20. The summed E-state index contributed by atoms with van der Waals surface area (Å²) in [5.41, 5.74) is 13.1. The zero-order valence-electron chi connectivity index (χ0n) is 20.5. The van der Waals surface area contributed by atoms with Gasteiger partial charge in [0.15, 0.2) is 0 Å². The minimum Gasteiger partial charge on any atom is -0.489 e. The van der Waals surface area contributed by atoms with Crippen LogP contribution in [0.15, 0.2) is 66.7 Å². The van der Waals surface area contributed by atoms with Gasteiger partial charge in [-0.15, -0.1) is 0 Å². The van der Waals surface area contributed by atoms with Gasteiger partial charge in [0.05, 0.1) is 13.5 Å². The Bertz CT molecular complexity index is 1190. The van der Waals surface area contributed by atoms with Crippen molar-refractivity contribution in [1.82, 2.24) is 0 Å². The first-order chi connectivity index (χ1) is 17.1. The number of nitrogens with zero attached hydrogens (tertiary/aromatic N) is 1. The van der Waals surface area contributed by atoms with E-state index in [9.17, 15) is 4.79 Å². The molecule has 182 valence electrons. The lowest BCUT2D eigenvalue weighted by atomic mass is 9.78. The first kappa shape index (κ1) is 23.4. The molecule has 35 heavy (non-hydrogen) atoms. The molecular formula is C30H34N2O3. The van der Waals surface area contributed by atoms with Crippen LogP contribution < -0.4 is 15.4 Å². The van der Waals surface area contributed by atoms with E-state index < -0.39 is 0 Å². The van der Waals surface area contributed by atoms with Crippen LogP contribution in [0.25, 0.3) is 11.1 Å². The van der Waals surface area contributed by atoms with Gasteiger partial charge in [-0.1, -0.05) is 49.2 Å². The second-order valence-electron chi connectivity index (χ2n) is 10.0. The number of hydrogen-bond acceptors (Lipinski definition) is 5. The van der Waals surface area contributed by atoms with E-state index in [1.807, 2.05) is 24.3 Å². The number of para-hydroxylation sites is 1. The van der Waals surface area contributed by atoms with Gasteiger partial charge in [0, 0.05) is 36.3 Å². The quantitative estimate of drug-likeness (QED) is 0.441. The van der Waals surface area contributed by atoms with Gasteiger partial charge in [-0.25, -0.2) is 0 Å². The fourth-order valence-electron chi connectivity index (χ4n) is 5.55. The Hall–Kier alpha value is -3.31. The van der Waals surface area contributed by atoms with Crippen molar-refractivity contribution in [2.75, 3.05) is 25.1 Å². The Morgan fingerprint density at radius 3 is 2.49 bits per heavy atom. The Balaban J connectivity index is 1.41. The van der Waals surface area contributed by atoms with E-state index in [0.29, 0.717) is 24.3 Å². The number of anilines is 1. The van der Waals surface area contributed by atoms with Crippen LogP contribution in [0.3, 0.4) is 0 Å². The van der Waals surface area contributed by atoms with Crippen LogP contribution in [0.5, 0.6) is 5.75 Å². The molecule has 3 aromatic rings. The summed E-state index contributed by atoms with van der Waals surface area (Å²) in [6.07, 6.45) is 5.64. The zero-order valence-corrected chi connectivity index (χ0v) is 20.5. The van der Waals surface area contributed by atoms with E-state index >= 15 is 0 Å². The Morgan fingerprint density at radius 1 is 0.943 bits per heavy atom. The molecule has 5 nitrogen and oxygen atoms in total. The highest BCUT2D eigenvalue weighted by Gasteiger charge is 2.44. The summed E-state index contributed by atoms with van der Waals surface area (Å²) in [7, 11) is 1.41. The molecule has 2 aliphatic rings. The fraction of sp³-hybridized carbons (Fsp3) is 0.367. The van der Waals surface area contributed by atoms with Gasteiger partial charge < -0.3 is 20.1 Å². The van der Waals surface area contributed by atoms with Crippen LogP contribution in [0, 0.1) is 5.41 Å². The van der Waals surface area contributed by atoms with Crippen molar-refractivity contribution >= 4 is 11.7 Å². The summed E-state index contributed by atoms with van der Waals surface area (Å²) in [6, 6.07) is 22.9. The Morgan fingerprint density at radius 2 is 1.71 bits per heavy atom. The van der Waals surface area contributed by atoms with Gasteiger partial charge in [-0.3, -0.25) is 4.79 Å². The van der Waals surface area contributed by atoms with E-state index in [2.05, 4.69) is 47.4 Å². The average Bonchev–Trinajstić information content (AvgIpc) is 3.38. The highest BCUT2D eigenvalue weighted by molar-refractivity contribution is 5.73. The first-order valence-electron chi connectivity index (χ1n) is 12.5. The predicted octanol–water partition coefficient (Wildman–Crippen LogP) is 5.49. The Labute approximate surface area is 207 Å². The summed E-state index contributed by atoms with van der Waals surface area (Å²) in [5, 5.41) is 0. The largest absolute Gasteiger partial charge is 0.489 e.